The van der Waals surface area contributed by atoms with Crippen LogP contribution in [-0.4, -0.2) is 55.7 Å². The third-order valence-electron chi connectivity index (χ3n) is 5.66. The van der Waals surface area contributed by atoms with Gasteiger partial charge in [-0.1, -0.05) is 0 Å². The van der Waals surface area contributed by atoms with E-state index in [9.17, 15) is 15.0 Å². The van der Waals surface area contributed by atoms with Crippen molar-refractivity contribution in [3.8, 4) is 17.2 Å². The van der Waals surface area contributed by atoms with E-state index in [0.29, 0.717) is 49.4 Å². The molecule has 3 N–H and O–H groups in total. The number of aliphatic hydroxyl groups is 2. The number of hydrogen-bond donors (Lipinski definition) is 3. The number of hydrogen-bond acceptors (Lipinski definition) is 6. The molecule has 0 unspecified atom stereocenters. The largest absolute Gasteiger partial charge is 0.493 e. The first kappa shape index (κ1) is 20.5. The van der Waals surface area contributed by atoms with E-state index >= 15 is 0 Å². The van der Waals surface area contributed by atoms with Gasteiger partial charge in [-0.2, -0.15) is 0 Å². The Morgan fingerprint density at radius 3 is 2.36 bits per heavy atom. The summed E-state index contributed by atoms with van der Waals surface area (Å²) in [4.78, 5) is 11.8. The molecule has 1 aromatic carbocycles. The number of benzene rings is 1. The van der Waals surface area contributed by atoms with Crippen LogP contribution in [0, 0.1) is 0 Å². The van der Waals surface area contributed by atoms with Crippen LogP contribution < -0.4 is 19.5 Å². The van der Waals surface area contributed by atoms with Crippen LogP contribution in [0.2, 0.25) is 0 Å². The molecule has 1 aromatic rings. The second-order valence-corrected chi connectivity index (χ2v) is 7.35. The lowest BCUT2D eigenvalue weighted by Crippen LogP contribution is -2.36. The topological polar surface area (TPSA) is 97.2 Å². The fraction of sp³-hybridized carbons (Fsp3) is 0.571. The van der Waals surface area contributed by atoms with E-state index in [1.165, 1.54) is 6.92 Å². The molecule has 1 amide bonds. The minimum Gasteiger partial charge on any atom is -0.493 e. The summed E-state index contributed by atoms with van der Waals surface area (Å²) in [6, 6.07) is 1.75. The Morgan fingerprint density at radius 1 is 1.04 bits per heavy atom. The van der Waals surface area contributed by atoms with Gasteiger partial charge in [-0.25, -0.2) is 0 Å². The maximum absolute atomic E-state index is 11.8. The summed E-state index contributed by atoms with van der Waals surface area (Å²) in [6.07, 6.45) is 1.04. The standard InChI is InChI=1S/C21H29NO6/c1-11(23)22-15-7-5-12-9-18(26-2)20(27-3)21(28-4)19(12)13-6-8-16(24)17(25)10-14(13)15/h9,15-17,24-25H,5-8,10H2,1-4H3,(H,22,23)/t15-,16-,17-/m1/s1. The first-order valence-electron chi connectivity index (χ1n) is 9.58. The van der Waals surface area contributed by atoms with E-state index in [1.54, 1.807) is 21.3 Å². The summed E-state index contributed by atoms with van der Waals surface area (Å²) in [7, 11) is 4.75. The van der Waals surface area contributed by atoms with Crippen molar-refractivity contribution in [2.75, 3.05) is 21.3 Å². The highest BCUT2D eigenvalue weighted by Gasteiger charge is 2.35. The molecule has 0 spiro atoms. The number of ether oxygens (including phenoxy) is 3. The molecule has 3 rings (SSSR count). The predicted octanol–water partition coefficient (Wildman–Crippen LogP) is 1.82. The molecule has 0 fully saturated rings. The molecule has 28 heavy (non-hydrogen) atoms. The maximum Gasteiger partial charge on any atom is 0.217 e. The van der Waals surface area contributed by atoms with Gasteiger partial charge in [0.25, 0.3) is 0 Å². The number of aryl methyl sites for hydroxylation is 1. The molecule has 154 valence electrons. The summed E-state index contributed by atoms with van der Waals surface area (Å²) >= 11 is 0. The van der Waals surface area contributed by atoms with Crippen molar-refractivity contribution in [2.24, 2.45) is 0 Å². The van der Waals surface area contributed by atoms with Crippen molar-refractivity contribution >= 4 is 11.5 Å². The molecule has 0 saturated carbocycles. The molecule has 0 aromatic heterocycles. The van der Waals surface area contributed by atoms with Gasteiger partial charge in [-0.15, -0.1) is 0 Å². The van der Waals surface area contributed by atoms with Crippen LogP contribution in [0.1, 0.15) is 43.7 Å². The Labute approximate surface area is 165 Å². The molecule has 7 nitrogen and oxygen atoms in total. The van der Waals surface area contributed by atoms with Gasteiger partial charge in [0.15, 0.2) is 11.5 Å². The summed E-state index contributed by atoms with van der Waals surface area (Å²) in [5.41, 5.74) is 3.91. The monoisotopic (exact) mass is 391 g/mol. The van der Waals surface area contributed by atoms with Crippen LogP contribution >= 0.6 is 0 Å². The Hall–Kier alpha value is -2.25. The quantitative estimate of drug-likeness (QED) is 0.724. The van der Waals surface area contributed by atoms with Crippen molar-refractivity contribution in [3.05, 3.63) is 22.8 Å². The first-order valence-corrected chi connectivity index (χ1v) is 9.58. The zero-order valence-electron chi connectivity index (χ0n) is 16.9. The zero-order valence-corrected chi connectivity index (χ0v) is 16.9. The smallest absolute Gasteiger partial charge is 0.217 e. The molecular weight excluding hydrogens is 362 g/mol. The fourth-order valence-electron chi connectivity index (χ4n) is 4.38. The number of fused-ring (bicyclic) bond motifs is 2. The van der Waals surface area contributed by atoms with Crippen LogP contribution in [0.3, 0.4) is 0 Å². The Balaban J connectivity index is 2.26. The van der Waals surface area contributed by atoms with Crippen LogP contribution in [0.4, 0.5) is 0 Å². The number of aliphatic hydroxyl groups excluding tert-OH is 2. The lowest BCUT2D eigenvalue weighted by Gasteiger charge is -2.24. The molecule has 0 saturated heterocycles. The number of carbonyl (C=O) groups is 1. The van der Waals surface area contributed by atoms with Gasteiger partial charge in [-0.3, -0.25) is 4.79 Å². The predicted molar refractivity (Wildman–Crippen MR) is 105 cm³/mol. The van der Waals surface area contributed by atoms with Gasteiger partial charge in [0.2, 0.25) is 11.7 Å². The number of rotatable bonds is 4. The molecule has 3 atom stereocenters. The van der Waals surface area contributed by atoms with Gasteiger partial charge < -0.3 is 29.7 Å². The number of methoxy groups -OCH3 is 3. The lowest BCUT2D eigenvalue weighted by atomic mass is 9.90. The Morgan fingerprint density at radius 2 is 1.75 bits per heavy atom. The van der Waals surface area contributed by atoms with Gasteiger partial charge in [0.1, 0.15) is 0 Å². The summed E-state index contributed by atoms with van der Waals surface area (Å²) in [5, 5.41) is 23.7. The summed E-state index contributed by atoms with van der Waals surface area (Å²) < 4.78 is 16.8. The number of amides is 1. The Kier molecular flexibility index (Phi) is 6.15. The summed E-state index contributed by atoms with van der Waals surface area (Å²) in [6.45, 7) is 1.49. The molecule has 0 aliphatic heterocycles. The van der Waals surface area contributed by atoms with Crippen molar-refractivity contribution in [1.29, 1.82) is 0 Å². The molecule has 0 heterocycles. The minimum absolute atomic E-state index is 0.121. The molecule has 0 bridgehead atoms. The van der Waals surface area contributed by atoms with Crippen LogP contribution in [0.15, 0.2) is 11.6 Å². The number of allylic oxidation sites excluding steroid dienone is 1. The molecule has 0 radical (unpaired) electrons. The van der Waals surface area contributed by atoms with E-state index in [0.717, 1.165) is 22.3 Å². The SMILES string of the molecule is COc1cc2c(c(OC)c1OC)C1=C(C[C@@H](O)[C@H](O)CC1)[C@H](NC(C)=O)CC2. The molecular formula is C21H29NO6. The zero-order chi connectivity index (χ0) is 20.4. The van der Waals surface area contributed by atoms with Crippen LogP contribution in [0.25, 0.3) is 5.57 Å². The second kappa shape index (κ2) is 8.41. The van der Waals surface area contributed by atoms with E-state index in [2.05, 4.69) is 5.32 Å². The minimum atomic E-state index is -0.864. The van der Waals surface area contributed by atoms with Gasteiger partial charge >= 0.3 is 0 Å². The van der Waals surface area contributed by atoms with Gasteiger partial charge in [0, 0.05) is 12.5 Å². The fourth-order valence-corrected chi connectivity index (χ4v) is 4.38. The highest BCUT2D eigenvalue weighted by Crippen LogP contribution is 2.49. The van der Waals surface area contributed by atoms with Crippen LogP contribution in [-0.2, 0) is 11.2 Å². The van der Waals surface area contributed by atoms with E-state index < -0.39 is 12.2 Å². The lowest BCUT2D eigenvalue weighted by molar-refractivity contribution is -0.119. The average molecular weight is 391 g/mol. The molecule has 2 aliphatic carbocycles. The molecule has 7 heteroatoms. The third kappa shape index (κ3) is 3.69. The number of carbonyl (C=O) groups excluding carboxylic acids is 1. The summed E-state index contributed by atoms with van der Waals surface area (Å²) in [5.74, 6) is 1.56. The first-order chi connectivity index (χ1) is 13.4. The van der Waals surface area contributed by atoms with Crippen molar-refractivity contribution in [1.82, 2.24) is 5.32 Å². The highest BCUT2D eigenvalue weighted by molar-refractivity contribution is 5.82. The highest BCUT2D eigenvalue weighted by atomic mass is 16.5. The van der Waals surface area contributed by atoms with E-state index in [-0.39, 0.29) is 11.9 Å². The van der Waals surface area contributed by atoms with Gasteiger partial charge in [0.05, 0.1) is 39.6 Å². The van der Waals surface area contributed by atoms with Crippen molar-refractivity contribution in [2.45, 2.75) is 57.3 Å². The average Bonchev–Trinajstić information content (AvgIpc) is 2.90. The Bertz CT molecular complexity index is 788. The normalized spacial score (nSPS) is 24.4. The van der Waals surface area contributed by atoms with Gasteiger partial charge in [-0.05, 0) is 54.9 Å². The van der Waals surface area contributed by atoms with E-state index in [1.807, 2.05) is 6.07 Å². The van der Waals surface area contributed by atoms with Crippen molar-refractivity contribution < 1.29 is 29.2 Å². The second-order valence-electron chi connectivity index (χ2n) is 7.35. The van der Waals surface area contributed by atoms with E-state index in [4.69, 9.17) is 14.2 Å². The molecule has 2 aliphatic rings. The van der Waals surface area contributed by atoms with Crippen LogP contribution in [0.5, 0.6) is 17.2 Å². The maximum atomic E-state index is 11.8. The third-order valence-corrected chi connectivity index (χ3v) is 5.66. The van der Waals surface area contributed by atoms with Crippen molar-refractivity contribution in [3.63, 3.8) is 0 Å². The number of nitrogens with one attached hydrogen (secondary N) is 1.